The Balaban J connectivity index is 2.16. The highest BCUT2D eigenvalue weighted by atomic mass is 16.5. The smallest absolute Gasteiger partial charge is 0.355 e. The maximum absolute atomic E-state index is 12.3. The summed E-state index contributed by atoms with van der Waals surface area (Å²) in [7, 11) is 1.24. The molecule has 1 amide bonds. The highest BCUT2D eigenvalue weighted by Crippen LogP contribution is 2.32. The van der Waals surface area contributed by atoms with Crippen molar-refractivity contribution in [3.63, 3.8) is 0 Å². The van der Waals surface area contributed by atoms with Gasteiger partial charge in [-0.1, -0.05) is 0 Å². The molecule has 3 heterocycles. The Hall–Kier alpha value is -3.42. The zero-order valence-electron chi connectivity index (χ0n) is 14.5. The average molecular weight is 355 g/mol. The first-order valence-electron chi connectivity index (χ1n) is 7.94. The van der Waals surface area contributed by atoms with Crippen LogP contribution in [0.15, 0.2) is 18.3 Å². The Morgan fingerprint density at radius 3 is 2.77 bits per heavy atom. The number of nitrogens with one attached hydrogen (secondary N) is 2. The number of pyridine rings is 1. The summed E-state index contributed by atoms with van der Waals surface area (Å²) in [4.78, 5) is 43.7. The number of aromatic amines is 1. The molecule has 8 nitrogen and oxygen atoms in total. The molecule has 134 valence electrons. The van der Waals surface area contributed by atoms with Crippen LogP contribution in [-0.2, 0) is 14.3 Å². The topological polar surface area (TPSA) is 110 Å². The molecule has 0 spiro atoms. The van der Waals surface area contributed by atoms with Crippen LogP contribution in [0.3, 0.4) is 0 Å². The summed E-state index contributed by atoms with van der Waals surface area (Å²) in [5.41, 5.74) is 2.31. The summed E-state index contributed by atoms with van der Waals surface area (Å²) in [6.07, 6.45) is 3.05. The van der Waals surface area contributed by atoms with Crippen molar-refractivity contribution in [3.05, 3.63) is 46.5 Å². The van der Waals surface area contributed by atoms with E-state index < -0.39 is 11.9 Å². The number of ether oxygens (including phenoxy) is 2. The van der Waals surface area contributed by atoms with Gasteiger partial charge in [0.2, 0.25) is 0 Å². The van der Waals surface area contributed by atoms with Crippen molar-refractivity contribution in [2.45, 2.75) is 13.8 Å². The zero-order chi connectivity index (χ0) is 18.8. The second-order valence-electron chi connectivity index (χ2n) is 5.54. The van der Waals surface area contributed by atoms with Crippen LogP contribution in [0.2, 0.25) is 0 Å². The number of hydrogen-bond donors (Lipinski definition) is 2. The lowest BCUT2D eigenvalue weighted by Crippen LogP contribution is -2.08. The van der Waals surface area contributed by atoms with E-state index >= 15 is 0 Å². The van der Waals surface area contributed by atoms with Crippen LogP contribution in [0.4, 0.5) is 5.69 Å². The average Bonchev–Trinajstić information content (AvgIpc) is 3.12. The fourth-order valence-corrected chi connectivity index (χ4v) is 2.79. The zero-order valence-corrected chi connectivity index (χ0v) is 14.5. The van der Waals surface area contributed by atoms with Crippen LogP contribution in [-0.4, -0.2) is 41.5 Å². The Labute approximate surface area is 149 Å². The summed E-state index contributed by atoms with van der Waals surface area (Å²) in [5.74, 6) is -1.56. The Kier molecular flexibility index (Phi) is 4.57. The van der Waals surface area contributed by atoms with Gasteiger partial charge >= 0.3 is 11.9 Å². The minimum absolute atomic E-state index is 0.138. The number of hydrogen-bond acceptors (Lipinski definition) is 6. The van der Waals surface area contributed by atoms with Gasteiger partial charge in [-0.05, 0) is 37.6 Å². The number of H-pyrrole nitrogens is 1. The lowest BCUT2D eigenvalue weighted by atomic mass is 10.1. The van der Waals surface area contributed by atoms with Crippen molar-refractivity contribution in [2.75, 3.05) is 19.0 Å². The first-order valence-corrected chi connectivity index (χ1v) is 7.94. The highest BCUT2D eigenvalue weighted by molar-refractivity contribution is 6.34. The van der Waals surface area contributed by atoms with Gasteiger partial charge in [0.15, 0.2) is 0 Å². The maximum Gasteiger partial charge on any atom is 0.355 e. The number of amides is 1. The molecule has 2 aromatic rings. The van der Waals surface area contributed by atoms with Crippen LogP contribution in [0.5, 0.6) is 0 Å². The molecule has 8 heteroatoms. The molecule has 26 heavy (non-hydrogen) atoms. The molecule has 0 aliphatic carbocycles. The summed E-state index contributed by atoms with van der Waals surface area (Å²) in [5, 5.41) is 2.70. The van der Waals surface area contributed by atoms with E-state index in [0.717, 1.165) is 0 Å². The van der Waals surface area contributed by atoms with Crippen LogP contribution in [0, 0.1) is 6.92 Å². The molecule has 0 fully saturated rings. The van der Waals surface area contributed by atoms with Gasteiger partial charge in [0.25, 0.3) is 5.91 Å². The standard InChI is InChI=1S/C18H17N3O5/c1-4-26-18(24)14-9(2)13(17(23)25-3)12(20-14)8-10-15-11(21-16(10)22)6-5-7-19-15/h5-8,20H,4H2,1-3H3,(H,21,22). The lowest BCUT2D eigenvalue weighted by molar-refractivity contribution is -0.110. The highest BCUT2D eigenvalue weighted by Gasteiger charge is 2.29. The van der Waals surface area contributed by atoms with Crippen LogP contribution in [0.25, 0.3) is 11.6 Å². The van der Waals surface area contributed by atoms with E-state index in [1.807, 2.05) is 0 Å². The molecule has 3 rings (SSSR count). The molecule has 2 aromatic heterocycles. The van der Waals surface area contributed by atoms with Gasteiger partial charge in [-0.3, -0.25) is 9.78 Å². The predicted octanol–water partition coefficient (Wildman–Crippen LogP) is 2.17. The number of fused-ring (bicyclic) bond motifs is 1. The van der Waals surface area contributed by atoms with Crippen molar-refractivity contribution in [3.8, 4) is 0 Å². The van der Waals surface area contributed by atoms with Crippen LogP contribution >= 0.6 is 0 Å². The van der Waals surface area contributed by atoms with Gasteiger partial charge in [0.05, 0.1) is 41.9 Å². The van der Waals surface area contributed by atoms with Crippen molar-refractivity contribution < 1.29 is 23.9 Å². The normalized spacial score (nSPS) is 14.1. The minimum atomic E-state index is -0.624. The summed E-state index contributed by atoms with van der Waals surface area (Å²) in [6, 6.07) is 3.44. The molecule has 1 aliphatic heterocycles. The molecule has 0 bridgehead atoms. The predicted molar refractivity (Wildman–Crippen MR) is 93.6 cm³/mol. The Bertz CT molecular complexity index is 942. The largest absolute Gasteiger partial charge is 0.465 e. The molecule has 2 N–H and O–H groups in total. The van der Waals surface area contributed by atoms with E-state index in [9.17, 15) is 14.4 Å². The number of rotatable bonds is 4. The Morgan fingerprint density at radius 1 is 1.31 bits per heavy atom. The number of methoxy groups -OCH3 is 1. The molecule has 0 atom stereocenters. The Morgan fingerprint density at radius 2 is 2.08 bits per heavy atom. The maximum atomic E-state index is 12.3. The first kappa shape index (κ1) is 17.4. The van der Waals surface area contributed by atoms with E-state index in [-0.39, 0.29) is 35.0 Å². The van der Waals surface area contributed by atoms with E-state index in [2.05, 4.69) is 15.3 Å². The summed E-state index contributed by atoms with van der Waals surface area (Å²) < 4.78 is 9.82. The van der Waals surface area contributed by atoms with Crippen molar-refractivity contribution in [2.24, 2.45) is 0 Å². The third kappa shape index (κ3) is 2.85. The molecular formula is C18H17N3O5. The van der Waals surface area contributed by atoms with E-state index in [4.69, 9.17) is 9.47 Å². The second kappa shape index (κ2) is 6.83. The quantitative estimate of drug-likeness (QED) is 0.642. The van der Waals surface area contributed by atoms with E-state index in [1.54, 1.807) is 32.2 Å². The summed E-state index contributed by atoms with van der Waals surface area (Å²) in [6.45, 7) is 3.49. The number of esters is 2. The lowest BCUT2D eigenvalue weighted by Gasteiger charge is -2.01. The van der Waals surface area contributed by atoms with Crippen molar-refractivity contribution >= 4 is 35.2 Å². The monoisotopic (exact) mass is 355 g/mol. The molecular weight excluding hydrogens is 338 g/mol. The van der Waals surface area contributed by atoms with Gasteiger partial charge in [-0.2, -0.15) is 0 Å². The van der Waals surface area contributed by atoms with Crippen LogP contribution in [0.1, 0.15) is 44.7 Å². The summed E-state index contributed by atoms with van der Waals surface area (Å²) >= 11 is 0. The third-order valence-corrected chi connectivity index (χ3v) is 3.99. The molecule has 1 aliphatic rings. The van der Waals surface area contributed by atoms with Crippen molar-refractivity contribution in [1.82, 2.24) is 9.97 Å². The molecule has 0 aromatic carbocycles. The SMILES string of the molecule is CCOC(=O)c1[nH]c(C=C2C(=O)Nc3cccnc32)c(C(=O)OC)c1C. The molecule has 0 saturated heterocycles. The molecule has 0 unspecified atom stereocenters. The molecule has 0 radical (unpaired) electrons. The number of carbonyl (C=O) groups is 3. The van der Waals surface area contributed by atoms with Crippen molar-refractivity contribution in [1.29, 1.82) is 0 Å². The number of aromatic nitrogens is 2. The fourth-order valence-electron chi connectivity index (χ4n) is 2.79. The third-order valence-electron chi connectivity index (χ3n) is 3.99. The van der Waals surface area contributed by atoms with Crippen LogP contribution < -0.4 is 5.32 Å². The fraction of sp³-hybridized carbons (Fsp3) is 0.222. The van der Waals surface area contributed by atoms with E-state index in [0.29, 0.717) is 16.9 Å². The second-order valence-corrected chi connectivity index (χ2v) is 5.54. The van der Waals surface area contributed by atoms with E-state index in [1.165, 1.54) is 13.2 Å². The number of carbonyl (C=O) groups excluding carboxylic acids is 3. The number of anilines is 1. The van der Waals surface area contributed by atoms with Gasteiger partial charge in [-0.25, -0.2) is 9.59 Å². The first-order chi connectivity index (χ1) is 12.5. The van der Waals surface area contributed by atoms with Gasteiger partial charge < -0.3 is 19.8 Å². The minimum Gasteiger partial charge on any atom is -0.465 e. The number of nitrogens with zero attached hydrogens (tertiary/aromatic N) is 1. The van der Waals surface area contributed by atoms with Gasteiger partial charge in [-0.15, -0.1) is 0 Å². The van der Waals surface area contributed by atoms with Gasteiger partial charge in [0, 0.05) is 6.20 Å². The molecule has 0 saturated carbocycles. The van der Waals surface area contributed by atoms with Gasteiger partial charge in [0.1, 0.15) is 5.69 Å².